The van der Waals surface area contributed by atoms with Crippen molar-refractivity contribution in [2.75, 3.05) is 11.9 Å². The number of rotatable bonds is 5. The van der Waals surface area contributed by atoms with Gasteiger partial charge in [-0.05, 0) is 44.2 Å². The van der Waals surface area contributed by atoms with Gasteiger partial charge in [0.25, 0.3) is 0 Å². The van der Waals surface area contributed by atoms with Crippen LogP contribution >= 0.6 is 11.3 Å². The molecule has 0 bridgehead atoms. The first-order chi connectivity index (χ1) is 12.5. The Bertz CT molecular complexity index is 744. The average molecular weight is 374 g/mol. The molecule has 140 valence electrons. The van der Waals surface area contributed by atoms with Crippen molar-refractivity contribution in [2.45, 2.75) is 52.2 Å². The van der Waals surface area contributed by atoms with Gasteiger partial charge in [-0.15, -0.1) is 11.3 Å². The van der Waals surface area contributed by atoms with Crippen LogP contribution in [0.3, 0.4) is 0 Å². The van der Waals surface area contributed by atoms with Crippen molar-refractivity contribution in [1.82, 2.24) is 10.3 Å². The van der Waals surface area contributed by atoms with E-state index in [9.17, 15) is 4.79 Å². The molecule has 0 unspecified atom stereocenters. The van der Waals surface area contributed by atoms with Crippen LogP contribution in [-0.2, 0) is 4.74 Å². The number of carbonyl (C=O) groups is 1. The standard InChI is InChI=1S/C20H27N3O2S/c1-13(2)9-18-11-17(7-8-25-18)23-20(24)22-16-6-4-5-15(10-16)19-21-14(3)12-26-19/h4-6,10,12-13,17-18H,7-9,11H2,1-3H3,(H2,22,23,24)/t17-,18-/m0/s1. The second-order valence-electron chi connectivity index (χ2n) is 7.32. The third kappa shape index (κ3) is 5.29. The van der Waals surface area contributed by atoms with Gasteiger partial charge < -0.3 is 15.4 Å². The topological polar surface area (TPSA) is 63.2 Å². The summed E-state index contributed by atoms with van der Waals surface area (Å²) >= 11 is 1.61. The molecule has 5 nitrogen and oxygen atoms in total. The summed E-state index contributed by atoms with van der Waals surface area (Å²) in [4.78, 5) is 16.9. The predicted molar refractivity (Wildman–Crippen MR) is 107 cm³/mol. The molecule has 2 heterocycles. The molecule has 3 rings (SSSR count). The molecule has 1 fully saturated rings. The lowest BCUT2D eigenvalue weighted by Gasteiger charge is -2.31. The number of nitrogens with one attached hydrogen (secondary N) is 2. The molecule has 0 aliphatic carbocycles. The maximum absolute atomic E-state index is 12.4. The van der Waals surface area contributed by atoms with Crippen LogP contribution in [0.25, 0.3) is 10.6 Å². The molecule has 1 aromatic heterocycles. The highest BCUT2D eigenvalue weighted by Crippen LogP contribution is 2.26. The van der Waals surface area contributed by atoms with Crippen LogP contribution < -0.4 is 10.6 Å². The lowest BCUT2D eigenvalue weighted by molar-refractivity contribution is -0.00717. The van der Waals surface area contributed by atoms with Gasteiger partial charge in [0.05, 0.1) is 6.10 Å². The van der Waals surface area contributed by atoms with E-state index in [-0.39, 0.29) is 18.2 Å². The van der Waals surface area contributed by atoms with Crippen molar-refractivity contribution in [2.24, 2.45) is 5.92 Å². The maximum atomic E-state index is 12.4. The Labute approximate surface area is 159 Å². The zero-order valence-corrected chi connectivity index (χ0v) is 16.4. The van der Waals surface area contributed by atoms with E-state index in [0.29, 0.717) is 12.5 Å². The molecule has 26 heavy (non-hydrogen) atoms. The van der Waals surface area contributed by atoms with Gasteiger partial charge in [-0.3, -0.25) is 0 Å². The summed E-state index contributed by atoms with van der Waals surface area (Å²) in [6.07, 6.45) is 3.02. The number of urea groups is 1. The Kier molecular flexibility index (Phi) is 6.27. The number of amides is 2. The summed E-state index contributed by atoms with van der Waals surface area (Å²) in [6.45, 7) is 7.09. The summed E-state index contributed by atoms with van der Waals surface area (Å²) in [5.41, 5.74) is 2.80. The van der Waals surface area contributed by atoms with Gasteiger partial charge in [0.15, 0.2) is 0 Å². The smallest absolute Gasteiger partial charge is 0.319 e. The molecule has 2 aromatic rings. The summed E-state index contributed by atoms with van der Waals surface area (Å²) in [5.74, 6) is 0.602. The zero-order chi connectivity index (χ0) is 18.5. The first-order valence-corrected chi connectivity index (χ1v) is 10.1. The molecular formula is C20H27N3O2S. The average Bonchev–Trinajstić information content (AvgIpc) is 3.01. The highest BCUT2D eigenvalue weighted by Gasteiger charge is 2.24. The van der Waals surface area contributed by atoms with Crippen molar-refractivity contribution in [3.8, 4) is 10.6 Å². The van der Waals surface area contributed by atoms with Crippen LogP contribution in [0, 0.1) is 12.8 Å². The Morgan fingerprint density at radius 1 is 1.42 bits per heavy atom. The molecule has 6 heteroatoms. The minimum Gasteiger partial charge on any atom is -0.378 e. The van der Waals surface area contributed by atoms with E-state index in [2.05, 4.69) is 29.5 Å². The number of hydrogen-bond donors (Lipinski definition) is 2. The number of nitrogens with zero attached hydrogens (tertiary/aromatic N) is 1. The fraction of sp³-hybridized carbons (Fsp3) is 0.500. The van der Waals surface area contributed by atoms with Crippen LogP contribution in [0.15, 0.2) is 29.6 Å². The largest absolute Gasteiger partial charge is 0.378 e. The molecule has 1 aromatic carbocycles. The first-order valence-electron chi connectivity index (χ1n) is 9.21. The van der Waals surface area contributed by atoms with Crippen molar-refractivity contribution in [3.05, 3.63) is 35.3 Å². The number of aromatic nitrogens is 1. The van der Waals surface area contributed by atoms with Crippen LogP contribution in [0.5, 0.6) is 0 Å². The van der Waals surface area contributed by atoms with E-state index in [1.807, 2.05) is 36.6 Å². The highest BCUT2D eigenvalue weighted by atomic mass is 32.1. The molecular weight excluding hydrogens is 346 g/mol. The SMILES string of the molecule is Cc1csc(-c2cccc(NC(=O)N[C@H]3CCO[C@@H](CC(C)C)C3)c2)n1. The van der Waals surface area contributed by atoms with Crippen molar-refractivity contribution < 1.29 is 9.53 Å². The van der Waals surface area contributed by atoms with Crippen LogP contribution in [-0.4, -0.2) is 29.8 Å². The molecule has 1 aliphatic heterocycles. The van der Waals surface area contributed by atoms with E-state index >= 15 is 0 Å². The number of carbonyl (C=O) groups excluding carboxylic acids is 1. The zero-order valence-electron chi connectivity index (χ0n) is 15.6. The minimum atomic E-state index is -0.160. The molecule has 0 radical (unpaired) electrons. The summed E-state index contributed by atoms with van der Waals surface area (Å²) in [5, 5.41) is 9.03. The van der Waals surface area contributed by atoms with E-state index in [0.717, 1.165) is 41.2 Å². The van der Waals surface area contributed by atoms with Crippen LogP contribution in [0.4, 0.5) is 10.5 Å². The van der Waals surface area contributed by atoms with E-state index in [1.165, 1.54) is 0 Å². The van der Waals surface area contributed by atoms with Gasteiger partial charge in [-0.2, -0.15) is 0 Å². The molecule has 0 spiro atoms. The van der Waals surface area contributed by atoms with Gasteiger partial charge in [0.2, 0.25) is 0 Å². The normalized spacial score (nSPS) is 20.2. The van der Waals surface area contributed by atoms with E-state index in [1.54, 1.807) is 11.3 Å². The Balaban J connectivity index is 1.56. The lowest BCUT2D eigenvalue weighted by atomic mass is 9.96. The molecule has 0 saturated carbocycles. The fourth-order valence-electron chi connectivity index (χ4n) is 3.27. The molecule has 1 saturated heterocycles. The molecule has 2 amide bonds. The van der Waals surface area contributed by atoms with E-state index < -0.39 is 0 Å². The first kappa shape index (κ1) is 18.9. The van der Waals surface area contributed by atoms with Crippen LogP contribution in [0.2, 0.25) is 0 Å². The second-order valence-corrected chi connectivity index (χ2v) is 8.18. The summed E-state index contributed by atoms with van der Waals surface area (Å²) in [7, 11) is 0. The number of hydrogen-bond acceptors (Lipinski definition) is 4. The molecule has 2 N–H and O–H groups in total. The lowest BCUT2D eigenvalue weighted by Crippen LogP contribution is -2.44. The van der Waals surface area contributed by atoms with Crippen molar-refractivity contribution >= 4 is 23.1 Å². The van der Waals surface area contributed by atoms with E-state index in [4.69, 9.17) is 4.74 Å². The van der Waals surface area contributed by atoms with Crippen LogP contribution in [0.1, 0.15) is 38.8 Å². The third-order valence-electron chi connectivity index (χ3n) is 4.42. The number of anilines is 1. The number of ether oxygens (including phenoxy) is 1. The molecule has 1 aliphatic rings. The number of aryl methyl sites for hydroxylation is 1. The summed E-state index contributed by atoms with van der Waals surface area (Å²) in [6, 6.07) is 7.81. The van der Waals surface area contributed by atoms with Gasteiger partial charge in [-0.1, -0.05) is 26.0 Å². The number of thiazole rings is 1. The summed E-state index contributed by atoms with van der Waals surface area (Å²) < 4.78 is 5.81. The van der Waals surface area contributed by atoms with Crippen molar-refractivity contribution in [1.29, 1.82) is 0 Å². The quantitative estimate of drug-likeness (QED) is 0.789. The highest BCUT2D eigenvalue weighted by molar-refractivity contribution is 7.13. The second kappa shape index (κ2) is 8.64. The Morgan fingerprint density at radius 2 is 2.27 bits per heavy atom. The van der Waals surface area contributed by atoms with Gasteiger partial charge in [-0.25, -0.2) is 9.78 Å². The fourth-order valence-corrected chi connectivity index (χ4v) is 4.07. The Hall–Kier alpha value is -1.92. The van der Waals surface area contributed by atoms with Gasteiger partial charge in [0, 0.05) is 35.0 Å². The van der Waals surface area contributed by atoms with Crippen molar-refractivity contribution in [3.63, 3.8) is 0 Å². The predicted octanol–water partition coefficient (Wildman–Crippen LogP) is 4.83. The van der Waals surface area contributed by atoms with Gasteiger partial charge >= 0.3 is 6.03 Å². The maximum Gasteiger partial charge on any atom is 0.319 e. The monoisotopic (exact) mass is 373 g/mol. The Morgan fingerprint density at radius 3 is 3.00 bits per heavy atom. The third-order valence-corrected chi connectivity index (χ3v) is 5.43. The number of benzene rings is 1. The molecule has 2 atom stereocenters. The minimum absolute atomic E-state index is 0.160. The van der Waals surface area contributed by atoms with Gasteiger partial charge in [0.1, 0.15) is 5.01 Å².